The third-order valence-corrected chi connectivity index (χ3v) is 5.21. The van der Waals surface area contributed by atoms with Gasteiger partial charge >= 0.3 is 0 Å². The van der Waals surface area contributed by atoms with Crippen molar-refractivity contribution in [1.29, 1.82) is 0 Å². The molecule has 5 heteroatoms. The maximum Gasteiger partial charge on any atom is 0.261 e. The molecule has 27 heavy (non-hydrogen) atoms. The summed E-state index contributed by atoms with van der Waals surface area (Å²) in [5, 5.41) is 3.04. The fourth-order valence-electron chi connectivity index (χ4n) is 3.51. The first-order valence-electron chi connectivity index (χ1n) is 9.47. The van der Waals surface area contributed by atoms with Crippen LogP contribution in [0.25, 0.3) is 0 Å². The van der Waals surface area contributed by atoms with Gasteiger partial charge in [-0.2, -0.15) is 0 Å². The normalized spacial score (nSPS) is 17.1. The zero-order valence-corrected chi connectivity index (χ0v) is 15.6. The Balaban J connectivity index is 1.69. The van der Waals surface area contributed by atoms with Gasteiger partial charge in [0.1, 0.15) is 0 Å². The summed E-state index contributed by atoms with van der Waals surface area (Å²) in [5.41, 5.74) is 1.06. The number of ether oxygens (including phenoxy) is 2. The highest BCUT2D eigenvalue weighted by molar-refractivity contribution is 5.81. The lowest BCUT2D eigenvalue weighted by molar-refractivity contribution is -0.128. The average molecular weight is 371 g/mol. The molecular weight excluding hydrogens is 345 g/mol. The van der Waals surface area contributed by atoms with Crippen LogP contribution in [-0.2, 0) is 14.9 Å². The van der Waals surface area contributed by atoms with Crippen LogP contribution in [0.5, 0.6) is 5.75 Å². The summed E-state index contributed by atoms with van der Waals surface area (Å²) in [4.78, 5) is 12.7. The molecule has 1 aliphatic heterocycles. The Morgan fingerprint density at radius 2 is 1.81 bits per heavy atom. The second-order valence-electron chi connectivity index (χ2n) is 6.92. The molecule has 1 aliphatic rings. The summed E-state index contributed by atoms with van der Waals surface area (Å²) in [6.07, 6.45) is 1.43. The van der Waals surface area contributed by atoms with Gasteiger partial charge < -0.3 is 14.8 Å². The fourth-order valence-corrected chi connectivity index (χ4v) is 3.51. The SMILES string of the molecule is CCC(Oc1ccccc1F)C(=O)NCC1(c2ccccc2)CCOCC1. The molecule has 144 valence electrons. The van der Waals surface area contributed by atoms with Gasteiger partial charge in [-0.05, 0) is 37.0 Å². The first kappa shape index (κ1) is 19.4. The van der Waals surface area contributed by atoms with Gasteiger partial charge in [0.05, 0.1) is 0 Å². The van der Waals surface area contributed by atoms with Crippen molar-refractivity contribution >= 4 is 5.91 Å². The van der Waals surface area contributed by atoms with E-state index in [9.17, 15) is 9.18 Å². The zero-order chi connectivity index (χ0) is 19.1. The van der Waals surface area contributed by atoms with E-state index in [-0.39, 0.29) is 17.1 Å². The third-order valence-electron chi connectivity index (χ3n) is 5.21. The third kappa shape index (κ3) is 4.66. The number of carbonyl (C=O) groups excluding carboxylic acids is 1. The highest BCUT2D eigenvalue weighted by atomic mass is 19.1. The van der Waals surface area contributed by atoms with Gasteiger partial charge in [-0.25, -0.2) is 4.39 Å². The number of hydrogen-bond donors (Lipinski definition) is 1. The van der Waals surface area contributed by atoms with Crippen LogP contribution in [-0.4, -0.2) is 31.8 Å². The maximum absolute atomic E-state index is 13.8. The maximum atomic E-state index is 13.8. The number of carbonyl (C=O) groups is 1. The number of amides is 1. The van der Waals surface area contributed by atoms with Crippen LogP contribution >= 0.6 is 0 Å². The molecule has 2 aromatic rings. The lowest BCUT2D eigenvalue weighted by Gasteiger charge is -2.38. The summed E-state index contributed by atoms with van der Waals surface area (Å²) in [7, 11) is 0. The predicted molar refractivity (Wildman–Crippen MR) is 102 cm³/mol. The zero-order valence-electron chi connectivity index (χ0n) is 15.6. The van der Waals surface area contributed by atoms with E-state index in [0.29, 0.717) is 26.2 Å². The molecule has 1 atom stereocenters. The van der Waals surface area contributed by atoms with Crippen molar-refractivity contribution in [3.8, 4) is 5.75 Å². The van der Waals surface area contributed by atoms with Crippen molar-refractivity contribution < 1.29 is 18.7 Å². The van der Waals surface area contributed by atoms with Gasteiger partial charge in [0, 0.05) is 25.2 Å². The van der Waals surface area contributed by atoms with Crippen LogP contribution in [0.4, 0.5) is 4.39 Å². The molecule has 1 fully saturated rings. The fraction of sp³-hybridized carbons (Fsp3) is 0.409. The number of hydrogen-bond acceptors (Lipinski definition) is 3. The van der Waals surface area contributed by atoms with Gasteiger partial charge in [-0.3, -0.25) is 4.79 Å². The first-order chi connectivity index (χ1) is 13.1. The molecule has 1 saturated heterocycles. The monoisotopic (exact) mass is 371 g/mol. The van der Waals surface area contributed by atoms with E-state index in [1.807, 2.05) is 25.1 Å². The topological polar surface area (TPSA) is 47.6 Å². The van der Waals surface area contributed by atoms with E-state index >= 15 is 0 Å². The van der Waals surface area contributed by atoms with Gasteiger partial charge in [0.25, 0.3) is 5.91 Å². The molecule has 1 heterocycles. The van der Waals surface area contributed by atoms with Crippen molar-refractivity contribution in [3.63, 3.8) is 0 Å². The highest BCUT2D eigenvalue weighted by Crippen LogP contribution is 2.34. The number of rotatable bonds is 7. The molecule has 0 saturated carbocycles. The van der Waals surface area contributed by atoms with Crippen LogP contribution in [0, 0.1) is 5.82 Å². The minimum Gasteiger partial charge on any atom is -0.478 e. The van der Waals surface area contributed by atoms with E-state index in [1.54, 1.807) is 12.1 Å². The highest BCUT2D eigenvalue weighted by Gasteiger charge is 2.35. The molecule has 1 amide bonds. The van der Waals surface area contributed by atoms with E-state index < -0.39 is 11.9 Å². The van der Waals surface area contributed by atoms with E-state index in [1.165, 1.54) is 17.7 Å². The van der Waals surface area contributed by atoms with E-state index in [0.717, 1.165) is 12.8 Å². The lowest BCUT2D eigenvalue weighted by Crippen LogP contribution is -2.48. The van der Waals surface area contributed by atoms with Gasteiger partial charge in [0.15, 0.2) is 17.7 Å². The number of nitrogens with one attached hydrogen (secondary N) is 1. The largest absolute Gasteiger partial charge is 0.478 e. The minimum absolute atomic E-state index is 0.100. The second-order valence-corrected chi connectivity index (χ2v) is 6.92. The van der Waals surface area contributed by atoms with Crippen LogP contribution in [0.1, 0.15) is 31.7 Å². The standard InChI is InChI=1S/C22H26FNO3/c1-2-19(27-20-11-7-6-10-18(20)23)21(25)24-16-22(12-14-26-15-13-22)17-8-4-3-5-9-17/h3-11,19H,2,12-16H2,1H3,(H,24,25). The molecule has 1 N–H and O–H groups in total. The van der Waals surface area contributed by atoms with Crippen LogP contribution in [0.3, 0.4) is 0 Å². The summed E-state index contributed by atoms with van der Waals surface area (Å²) in [5.74, 6) is -0.583. The molecule has 0 spiro atoms. The molecule has 0 radical (unpaired) electrons. The number of para-hydroxylation sites is 1. The van der Waals surface area contributed by atoms with Gasteiger partial charge in [-0.1, -0.05) is 49.4 Å². The molecule has 0 aromatic heterocycles. The number of benzene rings is 2. The van der Waals surface area contributed by atoms with Crippen LogP contribution in [0.15, 0.2) is 54.6 Å². The quantitative estimate of drug-likeness (QED) is 0.804. The minimum atomic E-state index is -0.727. The number of halogens is 1. The molecular formula is C22H26FNO3. The van der Waals surface area contributed by atoms with Crippen molar-refractivity contribution in [2.75, 3.05) is 19.8 Å². The second kappa shape index (κ2) is 9.00. The Bertz CT molecular complexity index is 744. The Morgan fingerprint density at radius 1 is 1.15 bits per heavy atom. The van der Waals surface area contributed by atoms with Gasteiger partial charge in [0.2, 0.25) is 0 Å². The van der Waals surface area contributed by atoms with Crippen LogP contribution < -0.4 is 10.1 Å². The molecule has 0 bridgehead atoms. The molecule has 0 aliphatic carbocycles. The molecule has 2 aromatic carbocycles. The Hall–Kier alpha value is -2.40. The van der Waals surface area contributed by atoms with Crippen molar-refractivity contribution in [1.82, 2.24) is 5.32 Å². The average Bonchev–Trinajstić information content (AvgIpc) is 2.73. The van der Waals surface area contributed by atoms with Gasteiger partial charge in [-0.15, -0.1) is 0 Å². The first-order valence-corrected chi connectivity index (χ1v) is 9.47. The summed E-state index contributed by atoms with van der Waals surface area (Å²) in [6, 6.07) is 16.4. The van der Waals surface area contributed by atoms with Crippen molar-refractivity contribution in [2.24, 2.45) is 0 Å². The van der Waals surface area contributed by atoms with E-state index in [2.05, 4.69) is 17.4 Å². The van der Waals surface area contributed by atoms with Crippen molar-refractivity contribution in [2.45, 2.75) is 37.7 Å². The Kier molecular flexibility index (Phi) is 6.45. The Morgan fingerprint density at radius 3 is 2.48 bits per heavy atom. The Labute approximate surface area is 159 Å². The molecule has 1 unspecified atom stereocenters. The lowest BCUT2D eigenvalue weighted by atomic mass is 9.74. The van der Waals surface area contributed by atoms with Crippen molar-refractivity contribution in [3.05, 3.63) is 66.0 Å². The smallest absolute Gasteiger partial charge is 0.261 e. The molecule has 3 rings (SSSR count). The summed E-state index contributed by atoms with van der Waals surface area (Å²) in [6.45, 7) is 3.71. The van der Waals surface area contributed by atoms with Crippen LogP contribution in [0.2, 0.25) is 0 Å². The molecule has 4 nitrogen and oxygen atoms in total. The van der Waals surface area contributed by atoms with E-state index in [4.69, 9.17) is 9.47 Å². The summed E-state index contributed by atoms with van der Waals surface area (Å²) < 4.78 is 25.0. The predicted octanol–water partition coefficient (Wildman–Crippen LogP) is 3.85. The summed E-state index contributed by atoms with van der Waals surface area (Å²) >= 11 is 0.